The van der Waals surface area contributed by atoms with Crippen molar-refractivity contribution >= 4 is 5.97 Å². The smallest absolute Gasteiger partial charge is 0.303 e. The molecule has 0 aromatic carbocycles. The van der Waals surface area contributed by atoms with Crippen molar-refractivity contribution in [1.82, 2.24) is 0 Å². The standard InChI is InChI=1S/C6H13NO2/c7-5-3-1-2-4-6(8)9/h1-5,7H2,(H,8,9)/i1D2,2D2,5D2. The molecule has 3 heteroatoms. The Hall–Kier alpha value is -0.570. The summed E-state index contributed by atoms with van der Waals surface area (Å²) in [5, 5.41) is 8.38. The number of carboxylic acid groups (broad SMARTS) is 1. The molecule has 0 amide bonds. The van der Waals surface area contributed by atoms with Crippen molar-refractivity contribution in [3.8, 4) is 0 Å². The van der Waals surface area contributed by atoms with Crippen LogP contribution in [0.3, 0.4) is 0 Å². The van der Waals surface area contributed by atoms with Crippen LogP contribution in [0.2, 0.25) is 0 Å². The zero-order valence-corrected chi connectivity index (χ0v) is 4.85. The summed E-state index contributed by atoms with van der Waals surface area (Å²) in [6.07, 6.45) is -7.23. The highest BCUT2D eigenvalue weighted by molar-refractivity contribution is 5.66. The molecule has 3 nitrogen and oxygen atoms in total. The van der Waals surface area contributed by atoms with Gasteiger partial charge in [0.2, 0.25) is 0 Å². The highest BCUT2D eigenvalue weighted by atomic mass is 16.4. The van der Waals surface area contributed by atoms with Gasteiger partial charge in [0.05, 0.1) is 0 Å². The lowest BCUT2D eigenvalue weighted by Gasteiger charge is -1.93. The Bertz CT molecular complexity index is 248. The maximum atomic E-state index is 10.3. The van der Waals surface area contributed by atoms with Crippen LogP contribution in [-0.2, 0) is 4.79 Å². The molecule has 54 valence electrons. The lowest BCUT2D eigenvalue weighted by Crippen LogP contribution is -1.99. The molecule has 0 fully saturated rings. The van der Waals surface area contributed by atoms with Crippen LogP contribution in [0.5, 0.6) is 0 Å². The van der Waals surface area contributed by atoms with Gasteiger partial charge in [-0.05, 0) is 19.3 Å². The van der Waals surface area contributed by atoms with E-state index in [2.05, 4.69) is 0 Å². The molecule has 0 heterocycles. The summed E-state index contributed by atoms with van der Waals surface area (Å²) in [7, 11) is 0. The minimum atomic E-state index is -2.66. The maximum Gasteiger partial charge on any atom is 0.303 e. The largest absolute Gasteiger partial charge is 0.481 e. The van der Waals surface area contributed by atoms with Gasteiger partial charge in [-0.2, -0.15) is 0 Å². The van der Waals surface area contributed by atoms with Crippen molar-refractivity contribution in [3.63, 3.8) is 0 Å². The second-order valence-corrected chi connectivity index (χ2v) is 1.30. The molecular formula is C6H13NO2. The van der Waals surface area contributed by atoms with Gasteiger partial charge < -0.3 is 10.8 Å². The second kappa shape index (κ2) is 5.56. The van der Waals surface area contributed by atoms with Gasteiger partial charge in [0.15, 0.2) is 0 Å². The first-order chi connectivity index (χ1) is 6.37. The van der Waals surface area contributed by atoms with E-state index in [1.807, 2.05) is 0 Å². The Labute approximate surface area is 63.3 Å². The van der Waals surface area contributed by atoms with E-state index in [4.69, 9.17) is 19.1 Å². The summed E-state index contributed by atoms with van der Waals surface area (Å²) in [5.74, 6) is -1.48. The van der Waals surface area contributed by atoms with Gasteiger partial charge in [0.1, 0.15) is 0 Å². The number of nitrogens with two attached hydrogens (primary N) is 1. The van der Waals surface area contributed by atoms with Gasteiger partial charge in [-0.25, -0.2) is 0 Å². The van der Waals surface area contributed by atoms with Gasteiger partial charge in [0, 0.05) is 14.6 Å². The van der Waals surface area contributed by atoms with E-state index >= 15 is 0 Å². The number of aliphatic carboxylic acids is 1. The number of rotatable bonds is 5. The monoisotopic (exact) mass is 137 g/mol. The minimum Gasteiger partial charge on any atom is -0.481 e. The van der Waals surface area contributed by atoms with Crippen LogP contribution in [0, 0.1) is 0 Å². The third kappa shape index (κ3) is 7.43. The highest BCUT2D eigenvalue weighted by Crippen LogP contribution is 1.97. The molecule has 0 aromatic rings. The first-order valence-corrected chi connectivity index (χ1v) is 2.38. The molecule has 0 aromatic heterocycles. The molecule has 0 radical (unpaired) electrons. The van der Waals surface area contributed by atoms with Gasteiger partial charge in [-0.1, -0.05) is 6.37 Å². The molecule has 0 atom stereocenters. The summed E-state index contributed by atoms with van der Waals surface area (Å²) in [4.78, 5) is 10.3. The molecule has 0 bridgehead atoms. The molecule has 0 aliphatic heterocycles. The zero-order chi connectivity index (χ0) is 12.5. The predicted octanol–water partition coefficient (Wildman–Crippen LogP) is 0.590. The number of carboxylic acids is 1. The predicted molar refractivity (Wildman–Crippen MR) is 35.2 cm³/mol. The van der Waals surface area contributed by atoms with E-state index in [0.717, 1.165) is 0 Å². The topological polar surface area (TPSA) is 63.3 Å². The molecule has 9 heavy (non-hydrogen) atoms. The van der Waals surface area contributed by atoms with Crippen LogP contribution in [0.1, 0.15) is 33.8 Å². The average Bonchev–Trinajstić information content (AvgIpc) is 1.75. The average molecular weight is 137 g/mol. The molecule has 3 N–H and O–H groups in total. The summed E-state index contributed by atoms with van der Waals surface area (Å²) < 4.78 is 42.9. The lowest BCUT2D eigenvalue weighted by atomic mass is 10.2. The summed E-state index contributed by atoms with van der Waals surface area (Å²) in [6, 6.07) is 0. The van der Waals surface area contributed by atoms with Gasteiger partial charge >= 0.3 is 5.97 Å². The summed E-state index contributed by atoms with van der Waals surface area (Å²) >= 11 is 0. The molecule has 0 aliphatic carbocycles. The zero-order valence-electron chi connectivity index (χ0n) is 10.8. The Morgan fingerprint density at radius 3 is 2.78 bits per heavy atom. The van der Waals surface area contributed by atoms with Crippen LogP contribution in [-0.4, -0.2) is 17.6 Å². The van der Waals surface area contributed by atoms with E-state index in [1.165, 1.54) is 0 Å². The molecule has 0 saturated heterocycles. The van der Waals surface area contributed by atoms with Crippen LogP contribution in [0.4, 0.5) is 0 Å². The van der Waals surface area contributed by atoms with Crippen LogP contribution in [0.15, 0.2) is 0 Å². The maximum absolute atomic E-state index is 10.3. The fourth-order valence-corrected chi connectivity index (χ4v) is 0.252. The molecule has 0 rings (SSSR count). The van der Waals surface area contributed by atoms with Gasteiger partial charge in [0.25, 0.3) is 0 Å². The summed E-state index contributed by atoms with van der Waals surface area (Å²) in [6.45, 7) is -2.38. The second-order valence-electron chi connectivity index (χ2n) is 1.30. The Morgan fingerprint density at radius 2 is 2.33 bits per heavy atom. The van der Waals surface area contributed by atoms with Gasteiger partial charge in [-0.3, -0.25) is 4.79 Å². The fourth-order valence-electron chi connectivity index (χ4n) is 0.252. The first kappa shape index (κ1) is 2.58. The number of hydrogen-bond acceptors (Lipinski definition) is 2. The first-order valence-electron chi connectivity index (χ1n) is 5.38. The van der Waals surface area contributed by atoms with Crippen molar-refractivity contribution in [2.75, 3.05) is 6.50 Å². The van der Waals surface area contributed by atoms with E-state index in [9.17, 15) is 4.79 Å². The van der Waals surface area contributed by atoms with E-state index in [0.29, 0.717) is 0 Å². The quantitative estimate of drug-likeness (QED) is 0.583. The van der Waals surface area contributed by atoms with Crippen molar-refractivity contribution < 1.29 is 18.1 Å². The molecular weight excluding hydrogens is 118 g/mol. The SMILES string of the molecule is [2H]C([2H])(N)CC([2H])([2H])C([2H])([2H])CC(=O)O. The van der Waals surface area contributed by atoms with E-state index < -0.39 is 38.1 Å². The van der Waals surface area contributed by atoms with Crippen LogP contribution in [0.25, 0.3) is 0 Å². The molecule has 0 unspecified atom stereocenters. The Balaban J connectivity index is 4.76. The van der Waals surface area contributed by atoms with E-state index in [-0.39, 0.29) is 0 Å². The third-order valence-corrected chi connectivity index (χ3v) is 0.555. The van der Waals surface area contributed by atoms with Crippen molar-refractivity contribution in [2.24, 2.45) is 5.73 Å². The normalized spacial score (nSPS) is 24.1. The Kier molecular flexibility index (Phi) is 1.60. The molecule has 0 saturated carbocycles. The fraction of sp³-hybridized carbons (Fsp3) is 0.833. The van der Waals surface area contributed by atoms with Crippen LogP contribution < -0.4 is 5.73 Å². The third-order valence-electron chi connectivity index (χ3n) is 0.555. The lowest BCUT2D eigenvalue weighted by molar-refractivity contribution is -0.137. The minimum absolute atomic E-state index is 0.902. The van der Waals surface area contributed by atoms with E-state index in [1.54, 1.807) is 0 Å². The Morgan fingerprint density at radius 1 is 1.67 bits per heavy atom. The number of hydrogen-bond donors (Lipinski definition) is 2. The molecule has 0 aliphatic rings. The number of carbonyl (C=O) groups is 1. The summed E-state index contributed by atoms with van der Waals surface area (Å²) in [5.41, 5.74) is 4.93. The van der Waals surface area contributed by atoms with Crippen molar-refractivity contribution in [2.45, 2.75) is 25.6 Å². The van der Waals surface area contributed by atoms with Crippen molar-refractivity contribution in [3.05, 3.63) is 0 Å². The van der Waals surface area contributed by atoms with Gasteiger partial charge in [-0.15, -0.1) is 0 Å². The highest BCUT2D eigenvalue weighted by Gasteiger charge is 1.94. The molecule has 0 spiro atoms. The van der Waals surface area contributed by atoms with Crippen LogP contribution >= 0.6 is 0 Å². The van der Waals surface area contributed by atoms with Crippen molar-refractivity contribution in [1.29, 1.82) is 0 Å².